The first-order valence-corrected chi connectivity index (χ1v) is 13.6. The topological polar surface area (TPSA) is 93.6 Å². The third kappa shape index (κ3) is 4.57. The molecule has 4 aromatic rings. The number of benzene rings is 3. The summed E-state index contributed by atoms with van der Waals surface area (Å²) in [6.07, 6.45) is 2.51. The number of fused-ring (bicyclic) bond motifs is 2. The molecule has 3 atom stereocenters. The van der Waals surface area contributed by atoms with E-state index in [1.807, 2.05) is 24.3 Å². The van der Waals surface area contributed by atoms with Crippen molar-refractivity contribution in [2.24, 2.45) is 11.8 Å². The molecule has 2 amide bonds. The molecule has 7 heteroatoms. The number of pyridine rings is 1. The van der Waals surface area contributed by atoms with Gasteiger partial charge in [0.25, 0.3) is 0 Å². The second kappa shape index (κ2) is 10.5. The van der Waals surface area contributed by atoms with E-state index < -0.39 is 12.1 Å². The molecule has 2 fully saturated rings. The quantitative estimate of drug-likeness (QED) is 0.172. The molecule has 1 saturated heterocycles. The van der Waals surface area contributed by atoms with E-state index in [1.54, 1.807) is 67.6 Å². The van der Waals surface area contributed by atoms with E-state index in [9.17, 15) is 19.2 Å². The van der Waals surface area contributed by atoms with Crippen LogP contribution in [-0.2, 0) is 14.3 Å². The van der Waals surface area contributed by atoms with Gasteiger partial charge in [0.05, 0.1) is 34.3 Å². The number of Topliss-reactive ketones (excluding diaryl/α,β-unsaturated/α-hetero) is 1. The lowest BCUT2D eigenvalue weighted by Gasteiger charge is -2.19. The van der Waals surface area contributed by atoms with Crippen molar-refractivity contribution in [3.63, 3.8) is 0 Å². The summed E-state index contributed by atoms with van der Waals surface area (Å²) in [5.74, 6) is -1.57. The molecule has 1 aliphatic carbocycles. The maximum Gasteiger partial charge on any atom is 0.339 e. The Balaban J connectivity index is 1.29. The fraction of sp³-hybridized carbons (Fsp3) is 0.242. The summed E-state index contributed by atoms with van der Waals surface area (Å²) in [4.78, 5) is 58.2. The van der Waals surface area contributed by atoms with Crippen molar-refractivity contribution >= 4 is 40.2 Å². The van der Waals surface area contributed by atoms with Crippen LogP contribution in [0.2, 0.25) is 0 Å². The average molecular weight is 533 g/mol. The third-order valence-electron chi connectivity index (χ3n) is 7.91. The van der Waals surface area contributed by atoms with Crippen molar-refractivity contribution in [3.8, 4) is 11.3 Å². The third-order valence-corrected chi connectivity index (χ3v) is 7.91. The number of carbonyl (C=O) groups excluding carboxylic acids is 4. The first kappa shape index (κ1) is 25.6. The Morgan fingerprint density at radius 1 is 0.850 bits per heavy atom. The number of rotatable bonds is 6. The number of hydrogen-bond donors (Lipinski definition) is 0. The van der Waals surface area contributed by atoms with Crippen LogP contribution in [0.1, 0.15) is 53.3 Å². The number of ketones is 1. The van der Waals surface area contributed by atoms with Crippen molar-refractivity contribution in [3.05, 3.63) is 96.1 Å². The number of nitrogens with zero attached hydrogens (tertiary/aromatic N) is 2. The number of imide groups is 1. The highest BCUT2D eigenvalue weighted by Crippen LogP contribution is 2.40. The number of esters is 1. The van der Waals surface area contributed by atoms with Crippen molar-refractivity contribution in [2.75, 3.05) is 4.90 Å². The zero-order chi connectivity index (χ0) is 27.8. The Morgan fingerprint density at radius 2 is 1.48 bits per heavy atom. The van der Waals surface area contributed by atoms with Gasteiger partial charge in [0.15, 0.2) is 6.10 Å². The molecule has 2 aliphatic rings. The van der Waals surface area contributed by atoms with Gasteiger partial charge in [-0.3, -0.25) is 19.3 Å². The van der Waals surface area contributed by atoms with Crippen molar-refractivity contribution in [1.29, 1.82) is 0 Å². The number of para-hydroxylation sites is 1. The van der Waals surface area contributed by atoms with Gasteiger partial charge in [-0.2, -0.15) is 0 Å². The molecular formula is C33H28N2O5. The number of carbonyl (C=O) groups is 4. The van der Waals surface area contributed by atoms with E-state index in [0.29, 0.717) is 39.0 Å². The minimum atomic E-state index is -0.969. The highest BCUT2D eigenvalue weighted by molar-refractivity contribution is 6.22. The zero-order valence-electron chi connectivity index (χ0n) is 22.1. The molecular weight excluding hydrogens is 504 g/mol. The van der Waals surface area contributed by atoms with Gasteiger partial charge >= 0.3 is 5.97 Å². The fourth-order valence-electron chi connectivity index (χ4n) is 5.80. The van der Waals surface area contributed by atoms with Crippen LogP contribution in [0.25, 0.3) is 22.2 Å². The molecule has 2 heterocycles. The lowest BCUT2D eigenvalue weighted by molar-refractivity contribution is -0.122. The first-order valence-electron chi connectivity index (χ1n) is 13.6. The van der Waals surface area contributed by atoms with E-state index >= 15 is 0 Å². The molecule has 3 aromatic carbocycles. The molecule has 0 bridgehead atoms. The number of aromatic nitrogens is 1. The average Bonchev–Trinajstić information content (AvgIpc) is 3.26. The SMILES string of the molecule is CC(OC(=O)c1cc(-c2ccc(N3C(=O)C4CCCCC4C3=O)cc2)nc2ccccc12)C(=O)c1ccccc1. The predicted octanol–water partition coefficient (Wildman–Crippen LogP) is 6.01. The van der Waals surface area contributed by atoms with Gasteiger partial charge in [-0.05, 0) is 44.0 Å². The van der Waals surface area contributed by atoms with Crippen molar-refractivity contribution in [1.82, 2.24) is 4.98 Å². The summed E-state index contributed by atoms with van der Waals surface area (Å²) < 4.78 is 5.61. The zero-order valence-corrected chi connectivity index (χ0v) is 22.1. The van der Waals surface area contributed by atoms with Gasteiger partial charge in [0, 0.05) is 16.5 Å². The maximum absolute atomic E-state index is 13.3. The summed E-state index contributed by atoms with van der Waals surface area (Å²) in [6, 6.07) is 24.7. The summed E-state index contributed by atoms with van der Waals surface area (Å²) in [6.45, 7) is 1.56. The second-order valence-corrected chi connectivity index (χ2v) is 10.4. The molecule has 0 spiro atoms. The number of anilines is 1. The highest BCUT2D eigenvalue weighted by Gasteiger charge is 2.48. The Morgan fingerprint density at radius 3 is 2.15 bits per heavy atom. The molecule has 1 aromatic heterocycles. The lowest BCUT2D eigenvalue weighted by Crippen LogP contribution is -2.30. The van der Waals surface area contributed by atoms with Gasteiger partial charge in [0.2, 0.25) is 17.6 Å². The number of hydrogen-bond acceptors (Lipinski definition) is 6. The van der Waals surface area contributed by atoms with Gasteiger partial charge < -0.3 is 4.74 Å². The Bertz CT molecular complexity index is 1610. The van der Waals surface area contributed by atoms with Gasteiger partial charge in [-0.1, -0.05) is 73.5 Å². The highest BCUT2D eigenvalue weighted by atomic mass is 16.5. The van der Waals surface area contributed by atoms with Gasteiger partial charge in [-0.15, -0.1) is 0 Å². The van der Waals surface area contributed by atoms with E-state index in [-0.39, 0.29) is 29.4 Å². The number of ether oxygens (including phenoxy) is 1. The van der Waals surface area contributed by atoms with Crippen LogP contribution < -0.4 is 4.90 Å². The standard InChI is InChI=1S/C33H28N2O5/c1-20(30(36)22-9-3-2-4-10-22)40-33(39)27-19-29(34-28-14-8-7-11-24(27)28)21-15-17-23(18-16-21)35-31(37)25-12-5-6-13-26(25)32(35)38/h2-4,7-11,14-20,25-26H,5-6,12-13H2,1H3. The monoisotopic (exact) mass is 532 g/mol. The number of amides is 2. The minimum absolute atomic E-state index is 0.115. The smallest absolute Gasteiger partial charge is 0.339 e. The molecule has 1 saturated carbocycles. The van der Waals surface area contributed by atoms with Crippen LogP contribution in [0.4, 0.5) is 5.69 Å². The van der Waals surface area contributed by atoms with E-state index in [1.165, 1.54) is 4.90 Å². The largest absolute Gasteiger partial charge is 0.451 e. The Kier molecular flexibility index (Phi) is 6.72. The molecule has 200 valence electrons. The predicted molar refractivity (Wildman–Crippen MR) is 151 cm³/mol. The Hall–Kier alpha value is -4.65. The normalized spacial score (nSPS) is 19.4. The van der Waals surface area contributed by atoms with Crippen LogP contribution in [0, 0.1) is 11.8 Å². The molecule has 0 radical (unpaired) electrons. The van der Waals surface area contributed by atoms with Crippen LogP contribution in [-0.4, -0.2) is 34.7 Å². The minimum Gasteiger partial charge on any atom is -0.451 e. The molecule has 40 heavy (non-hydrogen) atoms. The summed E-state index contributed by atoms with van der Waals surface area (Å²) in [5.41, 5.74) is 3.16. The van der Waals surface area contributed by atoms with E-state index in [2.05, 4.69) is 0 Å². The van der Waals surface area contributed by atoms with Crippen molar-refractivity contribution < 1.29 is 23.9 Å². The van der Waals surface area contributed by atoms with E-state index in [0.717, 1.165) is 25.7 Å². The maximum atomic E-state index is 13.3. The van der Waals surface area contributed by atoms with Gasteiger partial charge in [0.1, 0.15) is 0 Å². The Labute approximate surface area is 231 Å². The second-order valence-electron chi connectivity index (χ2n) is 10.4. The van der Waals surface area contributed by atoms with E-state index in [4.69, 9.17) is 9.72 Å². The summed E-state index contributed by atoms with van der Waals surface area (Å²) >= 11 is 0. The van der Waals surface area contributed by atoms with Crippen LogP contribution >= 0.6 is 0 Å². The molecule has 7 nitrogen and oxygen atoms in total. The van der Waals surface area contributed by atoms with Crippen molar-refractivity contribution in [2.45, 2.75) is 38.7 Å². The van der Waals surface area contributed by atoms with Crippen LogP contribution in [0.5, 0.6) is 0 Å². The van der Waals surface area contributed by atoms with Crippen LogP contribution in [0.3, 0.4) is 0 Å². The fourth-order valence-corrected chi connectivity index (χ4v) is 5.80. The first-order chi connectivity index (χ1) is 19.4. The lowest BCUT2D eigenvalue weighted by atomic mass is 9.81. The summed E-state index contributed by atoms with van der Waals surface area (Å²) in [5, 5.41) is 0.614. The molecule has 1 aliphatic heterocycles. The molecule has 0 N–H and O–H groups in total. The molecule has 3 unspecified atom stereocenters. The molecule has 6 rings (SSSR count). The van der Waals surface area contributed by atoms with Gasteiger partial charge in [-0.25, -0.2) is 9.78 Å². The summed E-state index contributed by atoms with van der Waals surface area (Å²) in [7, 11) is 0. The van der Waals surface area contributed by atoms with Crippen LogP contribution in [0.15, 0.2) is 84.9 Å².